The third kappa shape index (κ3) is 4.98. The lowest BCUT2D eigenvalue weighted by Crippen LogP contribution is -2.31. The van der Waals surface area contributed by atoms with Crippen LogP contribution in [0.4, 0.5) is 5.13 Å². The number of amides is 1. The first-order chi connectivity index (χ1) is 21.4. The van der Waals surface area contributed by atoms with Crippen LogP contribution in [0.1, 0.15) is 41.9 Å². The fraction of sp³-hybridized carbons (Fsp3) is 0.242. The van der Waals surface area contributed by atoms with E-state index in [9.17, 15) is 14.7 Å². The molecule has 0 saturated carbocycles. The molecule has 10 nitrogen and oxygen atoms in total. The highest BCUT2D eigenvalue weighted by Crippen LogP contribution is 2.46. The predicted octanol–water partition coefficient (Wildman–Crippen LogP) is 7.03. The number of carbonyl (C=O) groups excluding carboxylic acids is 2. The van der Waals surface area contributed by atoms with Gasteiger partial charge in [-0.05, 0) is 54.4 Å². The summed E-state index contributed by atoms with van der Waals surface area (Å²) in [5, 5.41) is 12.2. The Balaban J connectivity index is 1.49. The van der Waals surface area contributed by atoms with Gasteiger partial charge in [0.25, 0.3) is 5.91 Å². The van der Waals surface area contributed by atoms with Crippen LogP contribution >= 0.6 is 11.3 Å². The first kappa shape index (κ1) is 29.1. The van der Waals surface area contributed by atoms with Crippen LogP contribution in [0.2, 0.25) is 0 Å². The van der Waals surface area contributed by atoms with Gasteiger partial charge in [0.1, 0.15) is 5.75 Å². The van der Waals surface area contributed by atoms with Gasteiger partial charge in [0.2, 0.25) is 5.78 Å². The summed E-state index contributed by atoms with van der Waals surface area (Å²) in [5.41, 5.74) is 1.38. The van der Waals surface area contributed by atoms with E-state index in [1.165, 1.54) is 30.5 Å². The van der Waals surface area contributed by atoms with Crippen molar-refractivity contribution in [3.8, 4) is 23.0 Å². The summed E-state index contributed by atoms with van der Waals surface area (Å²) in [6.45, 7) is 2.58. The number of hydrogen-bond donors (Lipinski definition) is 1. The summed E-state index contributed by atoms with van der Waals surface area (Å²) >= 11 is 1.24. The van der Waals surface area contributed by atoms with Gasteiger partial charge in [-0.2, -0.15) is 0 Å². The summed E-state index contributed by atoms with van der Waals surface area (Å²) in [6.07, 6.45) is 1.84. The van der Waals surface area contributed by atoms with Crippen molar-refractivity contribution >= 4 is 49.3 Å². The number of aliphatic hydroxyl groups is 1. The molecule has 11 heteroatoms. The number of hydrogen-bond acceptors (Lipinski definition) is 10. The molecule has 1 N–H and O–H groups in total. The Kier molecular flexibility index (Phi) is 7.88. The lowest BCUT2D eigenvalue weighted by atomic mass is 9.95. The molecular formula is C33H30N2O8S. The van der Waals surface area contributed by atoms with Gasteiger partial charge in [0.15, 0.2) is 39.5 Å². The summed E-state index contributed by atoms with van der Waals surface area (Å²) in [5.74, 6) is -0.110. The average Bonchev–Trinajstić information content (AvgIpc) is 3.74. The van der Waals surface area contributed by atoms with E-state index in [1.807, 2.05) is 6.07 Å². The van der Waals surface area contributed by atoms with E-state index >= 15 is 0 Å². The number of Topliss-reactive ketones (excluding diaryl/α,β-unsaturated/α-hetero) is 1. The zero-order valence-corrected chi connectivity index (χ0v) is 25.4. The number of carbonyl (C=O) groups is 2. The lowest BCUT2D eigenvalue weighted by Gasteiger charge is -2.25. The number of thiazole rings is 1. The Morgan fingerprint density at radius 3 is 2.57 bits per heavy atom. The molecule has 1 aliphatic rings. The lowest BCUT2D eigenvalue weighted by molar-refractivity contribution is -0.117. The standard InChI is InChI=1S/C33H30N2O8S/c1-5-6-14-42-22-13-10-18(15-24(22)41-4)28-27(29(36)25-16-19-8-7-9-23(40-3)31(19)43-25)30(37)32(38)35(28)33-34-21-12-11-20(39-2)17-26(21)44-33/h7-13,15-17,28,37H,5-6,14H2,1-4H3. The first-order valence-electron chi connectivity index (χ1n) is 14.0. The van der Waals surface area contributed by atoms with Crippen LogP contribution in [0.3, 0.4) is 0 Å². The molecule has 0 saturated heterocycles. The molecule has 1 aliphatic heterocycles. The predicted molar refractivity (Wildman–Crippen MR) is 167 cm³/mol. The number of unbranched alkanes of at least 4 members (excludes halogenated alkanes) is 1. The van der Waals surface area contributed by atoms with Gasteiger partial charge in [0, 0.05) is 5.39 Å². The van der Waals surface area contributed by atoms with E-state index < -0.39 is 23.5 Å². The quantitative estimate of drug-likeness (QED) is 0.123. The number of anilines is 1. The second kappa shape index (κ2) is 11.9. The van der Waals surface area contributed by atoms with Crippen molar-refractivity contribution in [2.75, 3.05) is 32.8 Å². The average molecular weight is 615 g/mol. The molecular weight excluding hydrogens is 584 g/mol. The van der Waals surface area contributed by atoms with Crippen LogP contribution in [0.5, 0.6) is 23.0 Å². The number of fused-ring (bicyclic) bond motifs is 2. The summed E-state index contributed by atoms with van der Waals surface area (Å²) < 4.78 is 29.0. The third-order valence-corrected chi connectivity index (χ3v) is 8.47. The Morgan fingerprint density at radius 1 is 1.00 bits per heavy atom. The van der Waals surface area contributed by atoms with Crippen molar-refractivity contribution in [1.29, 1.82) is 0 Å². The van der Waals surface area contributed by atoms with Crippen LogP contribution in [0.15, 0.2) is 76.4 Å². The van der Waals surface area contributed by atoms with E-state index in [0.29, 0.717) is 56.8 Å². The minimum absolute atomic E-state index is 0.0498. The fourth-order valence-corrected chi connectivity index (χ4v) is 6.24. The van der Waals surface area contributed by atoms with Crippen molar-refractivity contribution in [1.82, 2.24) is 4.98 Å². The number of ether oxygens (including phenoxy) is 4. The van der Waals surface area contributed by atoms with Gasteiger partial charge in [-0.3, -0.25) is 14.5 Å². The highest BCUT2D eigenvalue weighted by Gasteiger charge is 2.47. The van der Waals surface area contributed by atoms with Gasteiger partial charge in [-0.1, -0.05) is 42.9 Å². The maximum atomic E-state index is 14.2. The highest BCUT2D eigenvalue weighted by molar-refractivity contribution is 7.22. The largest absolute Gasteiger partial charge is 0.503 e. The summed E-state index contributed by atoms with van der Waals surface area (Å²) in [4.78, 5) is 34.0. The number of methoxy groups -OCH3 is 3. The molecule has 2 aromatic heterocycles. The van der Waals surface area contributed by atoms with E-state index in [4.69, 9.17) is 23.4 Å². The van der Waals surface area contributed by atoms with Crippen LogP contribution in [-0.4, -0.2) is 49.7 Å². The molecule has 1 unspecified atom stereocenters. The molecule has 0 spiro atoms. The van der Waals surface area contributed by atoms with Gasteiger partial charge < -0.3 is 28.5 Å². The molecule has 3 heterocycles. The zero-order chi connectivity index (χ0) is 31.0. The molecule has 3 aromatic carbocycles. The van der Waals surface area contributed by atoms with Crippen molar-refractivity contribution in [3.05, 3.63) is 83.3 Å². The second-order valence-corrected chi connectivity index (χ2v) is 11.1. The molecule has 0 fully saturated rings. The fourth-order valence-electron chi connectivity index (χ4n) is 5.21. The minimum Gasteiger partial charge on any atom is -0.503 e. The van der Waals surface area contributed by atoms with Crippen LogP contribution in [-0.2, 0) is 4.79 Å². The van der Waals surface area contributed by atoms with Crippen molar-refractivity contribution in [2.24, 2.45) is 0 Å². The van der Waals surface area contributed by atoms with Crippen molar-refractivity contribution < 1.29 is 38.1 Å². The van der Waals surface area contributed by atoms with E-state index in [1.54, 1.807) is 61.7 Å². The molecule has 5 aromatic rings. The third-order valence-electron chi connectivity index (χ3n) is 7.45. The SMILES string of the molecule is CCCCOc1ccc(C2C(C(=O)c3cc4cccc(OC)c4o3)=C(O)C(=O)N2c2nc3ccc(OC)cc3s2)cc1OC. The number of furan rings is 1. The Hall–Kier alpha value is -5.03. The molecule has 1 amide bonds. The minimum atomic E-state index is -1.05. The molecule has 1 atom stereocenters. The molecule has 0 bridgehead atoms. The van der Waals surface area contributed by atoms with Crippen molar-refractivity contribution in [3.63, 3.8) is 0 Å². The van der Waals surface area contributed by atoms with Gasteiger partial charge >= 0.3 is 0 Å². The summed E-state index contributed by atoms with van der Waals surface area (Å²) in [6, 6.07) is 16.4. The number of para-hydroxylation sites is 1. The Morgan fingerprint density at radius 2 is 1.82 bits per heavy atom. The zero-order valence-electron chi connectivity index (χ0n) is 24.6. The van der Waals surface area contributed by atoms with Gasteiger partial charge in [-0.25, -0.2) is 4.98 Å². The van der Waals surface area contributed by atoms with Crippen molar-refractivity contribution in [2.45, 2.75) is 25.8 Å². The smallest absolute Gasteiger partial charge is 0.296 e. The molecule has 44 heavy (non-hydrogen) atoms. The molecule has 0 radical (unpaired) electrons. The van der Waals surface area contributed by atoms with E-state index in [0.717, 1.165) is 17.5 Å². The molecule has 0 aliphatic carbocycles. The van der Waals surface area contributed by atoms with E-state index in [-0.39, 0.29) is 11.3 Å². The molecule has 6 rings (SSSR count). The highest BCUT2D eigenvalue weighted by atomic mass is 32.1. The normalized spacial score (nSPS) is 15.0. The van der Waals surface area contributed by atoms with Crippen LogP contribution in [0, 0.1) is 0 Å². The number of aliphatic hydroxyl groups excluding tert-OH is 1. The second-order valence-electron chi connectivity index (χ2n) is 10.1. The maximum absolute atomic E-state index is 14.2. The monoisotopic (exact) mass is 614 g/mol. The molecule has 226 valence electrons. The Bertz CT molecular complexity index is 1920. The number of benzene rings is 3. The number of aromatic nitrogens is 1. The Labute approximate surface area is 257 Å². The number of ketones is 1. The topological polar surface area (TPSA) is 121 Å². The van der Waals surface area contributed by atoms with Crippen LogP contribution in [0.25, 0.3) is 21.2 Å². The summed E-state index contributed by atoms with van der Waals surface area (Å²) in [7, 11) is 4.60. The maximum Gasteiger partial charge on any atom is 0.296 e. The number of nitrogens with zero attached hydrogens (tertiary/aromatic N) is 2. The first-order valence-corrected chi connectivity index (χ1v) is 14.8. The van der Waals surface area contributed by atoms with Crippen LogP contribution < -0.4 is 23.8 Å². The van der Waals surface area contributed by atoms with E-state index in [2.05, 4.69) is 11.9 Å². The van der Waals surface area contributed by atoms with Gasteiger partial charge in [-0.15, -0.1) is 0 Å². The number of rotatable bonds is 11. The van der Waals surface area contributed by atoms with Gasteiger partial charge in [0.05, 0.1) is 49.8 Å².